The number of amides is 1. The number of carbonyl (C=O) groups is 1. The Kier molecular flexibility index (Phi) is 4.92. The van der Waals surface area contributed by atoms with Crippen molar-refractivity contribution in [3.05, 3.63) is 42.1 Å². The van der Waals surface area contributed by atoms with E-state index in [1.807, 2.05) is 13.0 Å². The van der Waals surface area contributed by atoms with Crippen LogP contribution < -0.4 is 5.32 Å². The van der Waals surface area contributed by atoms with Gasteiger partial charge in [-0.15, -0.1) is 0 Å². The number of hydrogen-bond donors (Lipinski definition) is 1. The van der Waals surface area contributed by atoms with E-state index in [9.17, 15) is 9.18 Å². The Morgan fingerprint density at radius 2 is 2.12 bits per heavy atom. The predicted octanol–water partition coefficient (Wildman–Crippen LogP) is 3.41. The van der Waals surface area contributed by atoms with Gasteiger partial charge in [0.05, 0.1) is 18.4 Å². The van der Waals surface area contributed by atoms with Gasteiger partial charge in [0, 0.05) is 12.1 Å². The highest BCUT2D eigenvalue weighted by Crippen LogP contribution is 2.30. The van der Waals surface area contributed by atoms with Crippen LogP contribution in [0.15, 0.2) is 30.7 Å². The summed E-state index contributed by atoms with van der Waals surface area (Å²) in [6, 6.07) is 3.55. The maximum Gasteiger partial charge on any atom is 0.223 e. The highest BCUT2D eigenvalue weighted by atomic mass is 19.1. The molecule has 0 aromatic carbocycles. The zero-order valence-corrected chi connectivity index (χ0v) is 14.1. The third-order valence-corrected chi connectivity index (χ3v) is 4.86. The molecule has 1 aliphatic carbocycles. The number of pyridine rings is 1. The Hall–Kier alpha value is -2.24. The highest BCUT2D eigenvalue weighted by Gasteiger charge is 2.28. The number of aromatic nitrogens is 3. The summed E-state index contributed by atoms with van der Waals surface area (Å²) in [5.41, 5.74) is 0.920. The van der Waals surface area contributed by atoms with Gasteiger partial charge in [-0.25, -0.2) is 14.1 Å². The Morgan fingerprint density at radius 1 is 1.33 bits per heavy atom. The lowest BCUT2D eigenvalue weighted by molar-refractivity contribution is -0.128. The van der Waals surface area contributed by atoms with Crippen molar-refractivity contribution in [3.63, 3.8) is 0 Å². The summed E-state index contributed by atoms with van der Waals surface area (Å²) in [7, 11) is 0. The molecule has 0 radical (unpaired) electrons. The van der Waals surface area contributed by atoms with Crippen molar-refractivity contribution in [2.24, 2.45) is 11.8 Å². The summed E-state index contributed by atoms with van der Waals surface area (Å²) in [4.78, 5) is 16.8. The van der Waals surface area contributed by atoms with Gasteiger partial charge in [0.2, 0.25) is 5.91 Å². The molecular weight excluding hydrogens is 307 g/mol. The van der Waals surface area contributed by atoms with Gasteiger partial charge in [-0.2, -0.15) is 5.10 Å². The Bertz CT molecular complexity index is 697. The summed E-state index contributed by atoms with van der Waals surface area (Å²) in [6.07, 6.45) is 8.57. The van der Waals surface area contributed by atoms with Crippen LogP contribution >= 0.6 is 0 Å². The summed E-state index contributed by atoms with van der Waals surface area (Å²) < 4.78 is 14.4. The van der Waals surface area contributed by atoms with E-state index in [1.165, 1.54) is 17.3 Å². The Morgan fingerprint density at radius 3 is 2.75 bits per heavy atom. The van der Waals surface area contributed by atoms with E-state index in [4.69, 9.17) is 0 Å². The molecule has 0 saturated heterocycles. The minimum Gasteiger partial charge on any atom is -0.349 e. The summed E-state index contributed by atoms with van der Waals surface area (Å²) in [5, 5.41) is 6.99. The second-order valence-electron chi connectivity index (χ2n) is 6.65. The number of nitrogens with zero attached hydrogens (tertiary/aromatic N) is 3. The van der Waals surface area contributed by atoms with Crippen LogP contribution in [0.25, 0.3) is 5.82 Å². The SMILES string of the molecule is CC(NC(=O)[C@@H]1CCCCC1C)c1ccc(-n2cc(F)cn2)nc1. The van der Waals surface area contributed by atoms with Gasteiger partial charge >= 0.3 is 0 Å². The quantitative estimate of drug-likeness (QED) is 0.934. The predicted molar refractivity (Wildman–Crippen MR) is 89.0 cm³/mol. The molecule has 128 valence electrons. The molecule has 24 heavy (non-hydrogen) atoms. The normalized spacial score (nSPS) is 22.1. The third-order valence-electron chi connectivity index (χ3n) is 4.86. The van der Waals surface area contributed by atoms with Crippen LogP contribution in [0.1, 0.15) is 51.1 Å². The van der Waals surface area contributed by atoms with Crippen LogP contribution in [0.4, 0.5) is 4.39 Å². The highest BCUT2D eigenvalue weighted by molar-refractivity contribution is 5.79. The molecule has 3 atom stereocenters. The maximum atomic E-state index is 13.0. The van der Waals surface area contributed by atoms with E-state index in [1.54, 1.807) is 12.3 Å². The van der Waals surface area contributed by atoms with Gasteiger partial charge in [0.1, 0.15) is 0 Å². The van der Waals surface area contributed by atoms with Crippen LogP contribution in [0.2, 0.25) is 0 Å². The fourth-order valence-electron chi connectivity index (χ4n) is 3.32. The second-order valence-corrected chi connectivity index (χ2v) is 6.65. The lowest BCUT2D eigenvalue weighted by Crippen LogP contribution is -2.37. The molecule has 1 saturated carbocycles. The number of carbonyl (C=O) groups excluding carboxylic acids is 1. The van der Waals surface area contributed by atoms with Gasteiger partial charge < -0.3 is 5.32 Å². The lowest BCUT2D eigenvalue weighted by Gasteiger charge is -2.29. The van der Waals surface area contributed by atoms with Crippen molar-refractivity contribution < 1.29 is 9.18 Å². The van der Waals surface area contributed by atoms with Crippen LogP contribution in [-0.2, 0) is 4.79 Å². The van der Waals surface area contributed by atoms with Crippen molar-refractivity contribution in [2.45, 2.75) is 45.6 Å². The average Bonchev–Trinajstić information content (AvgIpc) is 3.02. The van der Waals surface area contributed by atoms with E-state index >= 15 is 0 Å². The van der Waals surface area contributed by atoms with E-state index in [0.717, 1.165) is 31.0 Å². The molecule has 0 bridgehead atoms. The monoisotopic (exact) mass is 330 g/mol. The third kappa shape index (κ3) is 3.63. The average molecular weight is 330 g/mol. The topological polar surface area (TPSA) is 59.8 Å². The van der Waals surface area contributed by atoms with Gasteiger partial charge in [-0.3, -0.25) is 4.79 Å². The number of halogens is 1. The van der Waals surface area contributed by atoms with Crippen LogP contribution in [0.5, 0.6) is 0 Å². The van der Waals surface area contributed by atoms with Crippen LogP contribution in [-0.4, -0.2) is 20.7 Å². The largest absolute Gasteiger partial charge is 0.349 e. The first-order chi connectivity index (χ1) is 11.5. The molecule has 1 amide bonds. The van der Waals surface area contributed by atoms with E-state index < -0.39 is 5.82 Å². The fourth-order valence-corrected chi connectivity index (χ4v) is 3.32. The number of rotatable bonds is 4. The van der Waals surface area contributed by atoms with Gasteiger partial charge in [0.25, 0.3) is 0 Å². The standard InChI is InChI=1S/C18H23FN4O/c1-12-5-3-4-6-16(12)18(24)22-13(2)14-7-8-17(20-9-14)23-11-15(19)10-21-23/h7-13,16H,3-6H2,1-2H3,(H,22,24)/t12?,13?,16-/m1/s1. The first-order valence-corrected chi connectivity index (χ1v) is 8.51. The molecular formula is C18H23FN4O. The van der Waals surface area contributed by atoms with Crippen LogP contribution in [0, 0.1) is 17.7 Å². The maximum absolute atomic E-state index is 13.0. The molecule has 1 fully saturated rings. The molecule has 2 heterocycles. The molecule has 2 aromatic rings. The van der Waals surface area contributed by atoms with E-state index in [0.29, 0.717) is 11.7 Å². The molecule has 5 nitrogen and oxygen atoms in total. The zero-order valence-electron chi connectivity index (χ0n) is 14.1. The van der Waals surface area contributed by atoms with Crippen molar-refractivity contribution >= 4 is 5.91 Å². The van der Waals surface area contributed by atoms with Gasteiger partial charge in [0.15, 0.2) is 11.6 Å². The number of nitrogens with one attached hydrogen (secondary N) is 1. The molecule has 6 heteroatoms. The number of hydrogen-bond acceptors (Lipinski definition) is 3. The van der Waals surface area contributed by atoms with Crippen molar-refractivity contribution in [1.82, 2.24) is 20.1 Å². The van der Waals surface area contributed by atoms with Crippen molar-refractivity contribution in [1.29, 1.82) is 0 Å². The summed E-state index contributed by atoms with van der Waals surface area (Å²) >= 11 is 0. The van der Waals surface area contributed by atoms with Crippen molar-refractivity contribution in [2.75, 3.05) is 0 Å². The molecule has 2 aromatic heterocycles. The van der Waals surface area contributed by atoms with Crippen molar-refractivity contribution in [3.8, 4) is 5.82 Å². The van der Waals surface area contributed by atoms with E-state index in [-0.39, 0.29) is 17.9 Å². The molecule has 0 aliphatic heterocycles. The minimum atomic E-state index is -0.400. The molecule has 1 aliphatic rings. The smallest absolute Gasteiger partial charge is 0.223 e. The van der Waals surface area contributed by atoms with Gasteiger partial charge in [-0.05, 0) is 37.3 Å². The summed E-state index contributed by atoms with van der Waals surface area (Å²) in [6.45, 7) is 4.11. The minimum absolute atomic E-state index is 0.109. The lowest BCUT2D eigenvalue weighted by atomic mass is 9.80. The Balaban J connectivity index is 1.64. The molecule has 0 spiro atoms. The zero-order chi connectivity index (χ0) is 17.1. The van der Waals surface area contributed by atoms with E-state index in [2.05, 4.69) is 22.3 Å². The molecule has 1 N–H and O–H groups in total. The fraction of sp³-hybridized carbons (Fsp3) is 0.500. The Labute approximate surface area is 141 Å². The molecule has 3 rings (SSSR count). The first kappa shape index (κ1) is 16.6. The van der Waals surface area contributed by atoms with Crippen LogP contribution in [0.3, 0.4) is 0 Å². The first-order valence-electron chi connectivity index (χ1n) is 8.51. The summed E-state index contributed by atoms with van der Waals surface area (Å²) in [5.74, 6) is 0.833. The second kappa shape index (κ2) is 7.11. The van der Waals surface area contributed by atoms with Gasteiger partial charge in [-0.1, -0.05) is 25.8 Å². The molecule has 2 unspecified atom stereocenters.